The second kappa shape index (κ2) is 5.02. The van der Waals surface area contributed by atoms with E-state index >= 15 is 0 Å². The van der Waals surface area contributed by atoms with E-state index in [0.717, 1.165) is 26.2 Å². The lowest BCUT2D eigenvalue weighted by Gasteiger charge is -2.19. The SMILES string of the molecule is COCCC1(Cn2cncc2C2CCNC2)CC1. The summed E-state index contributed by atoms with van der Waals surface area (Å²) in [6.07, 6.45) is 9.19. The first-order valence-corrected chi connectivity index (χ1v) is 7.03. The Morgan fingerprint density at radius 3 is 3.11 bits per heavy atom. The minimum atomic E-state index is 0.498. The van der Waals surface area contributed by atoms with Crippen molar-refractivity contribution in [3.05, 3.63) is 18.2 Å². The van der Waals surface area contributed by atoms with Gasteiger partial charge in [0.25, 0.3) is 0 Å². The zero-order valence-corrected chi connectivity index (χ0v) is 11.2. The van der Waals surface area contributed by atoms with Crippen LogP contribution in [0, 0.1) is 5.41 Å². The van der Waals surface area contributed by atoms with Crippen LogP contribution in [0.25, 0.3) is 0 Å². The molecule has 1 unspecified atom stereocenters. The Morgan fingerprint density at radius 1 is 1.56 bits per heavy atom. The predicted octanol–water partition coefficient (Wildman–Crippen LogP) is 1.78. The van der Waals surface area contributed by atoms with Crippen LogP contribution in [0.4, 0.5) is 0 Å². The maximum absolute atomic E-state index is 5.23. The average molecular weight is 249 g/mol. The van der Waals surface area contributed by atoms with E-state index in [4.69, 9.17) is 4.74 Å². The van der Waals surface area contributed by atoms with Gasteiger partial charge in [0.1, 0.15) is 0 Å². The fourth-order valence-electron chi connectivity index (χ4n) is 3.05. The molecule has 0 spiro atoms. The van der Waals surface area contributed by atoms with Crippen molar-refractivity contribution in [2.24, 2.45) is 5.41 Å². The highest BCUT2D eigenvalue weighted by atomic mass is 16.5. The summed E-state index contributed by atoms with van der Waals surface area (Å²) in [4.78, 5) is 4.36. The van der Waals surface area contributed by atoms with E-state index in [2.05, 4.69) is 21.1 Å². The summed E-state index contributed by atoms with van der Waals surface area (Å²) >= 11 is 0. The van der Waals surface area contributed by atoms with Gasteiger partial charge in [0.15, 0.2) is 0 Å². The van der Waals surface area contributed by atoms with E-state index in [-0.39, 0.29) is 0 Å². The smallest absolute Gasteiger partial charge is 0.0948 e. The summed E-state index contributed by atoms with van der Waals surface area (Å²) in [5.74, 6) is 0.658. The Kier molecular flexibility index (Phi) is 3.39. The average Bonchev–Trinajstić information content (AvgIpc) is 2.83. The molecular formula is C14H23N3O. The zero-order valence-electron chi connectivity index (χ0n) is 11.2. The van der Waals surface area contributed by atoms with Gasteiger partial charge in [-0.2, -0.15) is 0 Å². The number of methoxy groups -OCH3 is 1. The number of aromatic nitrogens is 2. The molecule has 1 aromatic heterocycles. The summed E-state index contributed by atoms with van der Waals surface area (Å²) in [5.41, 5.74) is 1.92. The van der Waals surface area contributed by atoms with Crippen molar-refractivity contribution in [2.75, 3.05) is 26.8 Å². The molecule has 1 saturated carbocycles. The van der Waals surface area contributed by atoms with Gasteiger partial charge in [0.05, 0.1) is 6.33 Å². The maximum Gasteiger partial charge on any atom is 0.0948 e. The van der Waals surface area contributed by atoms with Gasteiger partial charge in [0.2, 0.25) is 0 Å². The van der Waals surface area contributed by atoms with Crippen LogP contribution in [0.5, 0.6) is 0 Å². The number of nitrogens with one attached hydrogen (secondary N) is 1. The lowest BCUT2D eigenvalue weighted by Crippen LogP contribution is -2.17. The van der Waals surface area contributed by atoms with Crippen LogP contribution >= 0.6 is 0 Å². The molecule has 0 bridgehead atoms. The summed E-state index contributed by atoms with van der Waals surface area (Å²) < 4.78 is 7.62. The fraction of sp³-hybridized carbons (Fsp3) is 0.786. The summed E-state index contributed by atoms with van der Waals surface area (Å²) in [6.45, 7) is 4.26. The molecule has 3 rings (SSSR count). The monoisotopic (exact) mass is 249 g/mol. The normalized spacial score (nSPS) is 25.5. The van der Waals surface area contributed by atoms with E-state index < -0.39 is 0 Å². The molecule has 2 aliphatic rings. The molecule has 0 aromatic carbocycles. The molecule has 1 aliphatic heterocycles. The van der Waals surface area contributed by atoms with Gasteiger partial charge in [-0.25, -0.2) is 4.98 Å². The fourth-order valence-corrected chi connectivity index (χ4v) is 3.05. The van der Waals surface area contributed by atoms with Crippen LogP contribution in [-0.2, 0) is 11.3 Å². The molecular weight excluding hydrogens is 226 g/mol. The summed E-state index contributed by atoms with van der Waals surface area (Å²) in [7, 11) is 1.79. The molecule has 1 saturated heterocycles. The van der Waals surface area contributed by atoms with Gasteiger partial charge in [-0.3, -0.25) is 0 Å². The molecule has 100 valence electrons. The lowest BCUT2D eigenvalue weighted by molar-refractivity contribution is 0.166. The van der Waals surface area contributed by atoms with Crippen LogP contribution in [0.15, 0.2) is 12.5 Å². The molecule has 2 heterocycles. The van der Waals surface area contributed by atoms with Crippen LogP contribution in [0.3, 0.4) is 0 Å². The second-order valence-corrected chi connectivity index (χ2v) is 5.88. The quantitative estimate of drug-likeness (QED) is 0.835. The Balaban J connectivity index is 1.67. The van der Waals surface area contributed by atoms with Crippen LogP contribution in [-0.4, -0.2) is 36.4 Å². The molecule has 0 amide bonds. The van der Waals surface area contributed by atoms with Gasteiger partial charge in [-0.1, -0.05) is 0 Å². The minimum absolute atomic E-state index is 0.498. The highest BCUT2D eigenvalue weighted by Crippen LogP contribution is 2.50. The molecule has 1 aromatic rings. The van der Waals surface area contributed by atoms with Gasteiger partial charge in [0, 0.05) is 44.6 Å². The van der Waals surface area contributed by atoms with Crippen molar-refractivity contribution in [1.82, 2.24) is 14.9 Å². The van der Waals surface area contributed by atoms with Crippen LogP contribution in [0.2, 0.25) is 0 Å². The molecule has 4 heteroatoms. The third-order valence-corrected chi connectivity index (χ3v) is 4.52. The van der Waals surface area contributed by atoms with Gasteiger partial charge in [-0.05, 0) is 37.6 Å². The number of ether oxygens (including phenoxy) is 1. The Hall–Kier alpha value is -0.870. The third-order valence-electron chi connectivity index (χ3n) is 4.52. The number of hydrogen-bond acceptors (Lipinski definition) is 3. The molecule has 2 fully saturated rings. The Morgan fingerprint density at radius 2 is 2.44 bits per heavy atom. The van der Waals surface area contributed by atoms with Crippen molar-refractivity contribution < 1.29 is 4.74 Å². The highest BCUT2D eigenvalue weighted by molar-refractivity contribution is 5.10. The third kappa shape index (κ3) is 2.45. The van der Waals surface area contributed by atoms with Crippen molar-refractivity contribution in [1.29, 1.82) is 0 Å². The molecule has 0 radical (unpaired) electrons. The van der Waals surface area contributed by atoms with Gasteiger partial charge < -0.3 is 14.6 Å². The topological polar surface area (TPSA) is 39.1 Å². The van der Waals surface area contributed by atoms with Gasteiger partial charge >= 0.3 is 0 Å². The van der Waals surface area contributed by atoms with E-state index in [9.17, 15) is 0 Å². The van der Waals surface area contributed by atoms with Crippen LogP contribution in [0.1, 0.15) is 37.3 Å². The highest BCUT2D eigenvalue weighted by Gasteiger charge is 2.42. The second-order valence-electron chi connectivity index (χ2n) is 5.88. The standard InChI is InChI=1S/C14H23N3O/c1-18-7-5-14(3-4-14)10-17-11-16-9-13(17)12-2-6-15-8-12/h9,11-12,15H,2-8,10H2,1H3. The number of rotatable bonds is 6. The van der Waals surface area contributed by atoms with Crippen molar-refractivity contribution in [3.63, 3.8) is 0 Å². The van der Waals surface area contributed by atoms with E-state index in [1.807, 2.05) is 6.33 Å². The molecule has 4 nitrogen and oxygen atoms in total. The van der Waals surface area contributed by atoms with Crippen LogP contribution < -0.4 is 5.32 Å². The van der Waals surface area contributed by atoms with Crippen molar-refractivity contribution in [3.8, 4) is 0 Å². The molecule has 1 atom stereocenters. The Labute approximate surface area is 109 Å². The summed E-state index contributed by atoms with van der Waals surface area (Å²) in [6, 6.07) is 0. The number of hydrogen-bond donors (Lipinski definition) is 1. The Bertz CT molecular complexity index is 391. The van der Waals surface area contributed by atoms with E-state index in [0.29, 0.717) is 11.3 Å². The van der Waals surface area contributed by atoms with E-state index in [1.165, 1.54) is 31.4 Å². The first-order valence-electron chi connectivity index (χ1n) is 7.03. The number of nitrogens with zero attached hydrogens (tertiary/aromatic N) is 2. The first-order chi connectivity index (χ1) is 8.83. The molecule has 1 aliphatic carbocycles. The lowest BCUT2D eigenvalue weighted by atomic mass is 10.0. The van der Waals surface area contributed by atoms with E-state index in [1.54, 1.807) is 7.11 Å². The van der Waals surface area contributed by atoms with Gasteiger partial charge in [-0.15, -0.1) is 0 Å². The first kappa shape index (κ1) is 12.2. The molecule has 1 N–H and O–H groups in total. The zero-order chi connectivity index (χ0) is 12.4. The molecule has 18 heavy (non-hydrogen) atoms. The van der Waals surface area contributed by atoms with Crippen molar-refractivity contribution in [2.45, 2.75) is 38.1 Å². The van der Waals surface area contributed by atoms with Crippen molar-refractivity contribution >= 4 is 0 Å². The minimum Gasteiger partial charge on any atom is -0.385 e. The largest absolute Gasteiger partial charge is 0.385 e. The predicted molar refractivity (Wildman–Crippen MR) is 70.6 cm³/mol. The summed E-state index contributed by atoms with van der Waals surface area (Å²) in [5, 5.41) is 3.44. The maximum atomic E-state index is 5.23. The number of imidazole rings is 1.